The van der Waals surface area contributed by atoms with Crippen LogP contribution in [0.25, 0.3) is 0 Å². The van der Waals surface area contributed by atoms with E-state index in [4.69, 9.17) is 5.73 Å². The number of hydrogen-bond acceptors (Lipinski definition) is 4. The van der Waals surface area contributed by atoms with Crippen LogP contribution in [0.5, 0.6) is 0 Å². The molecule has 0 saturated heterocycles. The average Bonchev–Trinajstić information content (AvgIpc) is 2.28. The Morgan fingerprint density at radius 1 is 1.21 bits per heavy atom. The highest BCUT2D eigenvalue weighted by Gasteiger charge is 2.29. The summed E-state index contributed by atoms with van der Waals surface area (Å²) >= 11 is 0. The summed E-state index contributed by atoms with van der Waals surface area (Å²) in [5, 5.41) is 2.63. The normalized spacial score (nSPS) is 12.2. The van der Waals surface area contributed by atoms with Gasteiger partial charge in [0.05, 0.1) is 10.5 Å². The van der Waals surface area contributed by atoms with Crippen LogP contribution in [0, 0.1) is 0 Å². The zero-order chi connectivity index (χ0) is 14.7. The van der Waals surface area contributed by atoms with E-state index < -0.39 is 14.6 Å². The van der Waals surface area contributed by atoms with E-state index >= 15 is 0 Å². The van der Waals surface area contributed by atoms with E-state index in [0.29, 0.717) is 11.4 Å². The lowest BCUT2D eigenvalue weighted by Gasteiger charge is -2.18. The van der Waals surface area contributed by atoms with Crippen molar-refractivity contribution in [2.75, 3.05) is 16.8 Å². The Balaban J connectivity index is 2.56. The predicted molar refractivity (Wildman–Crippen MR) is 77.6 cm³/mol. The van der Waals surface area contributed by atoms with Crippen molar-refractivity contribution in [2.45, 2.75) is 31.9 Å². The van der Waals surface area contributed by atoms with Gasteiger partial charge in [-0.05, 0) is 45.0 Å². The first kappa shape index (κ1) is 15.5. The molecule has 0 heterocycles. The van der Waals surface area contributed by atoms with Gasteiger partial charge in [0.1, 0.15) is 0 Å². The SMILES string of the molecule is CC(C)(C)S(=O)(=O)CCC(=O)Nc1ccc(N)cc1. The summed E-state index contributed by atoms with van der Waals surface area (Å²) in [6.07, 6.45) is -0.0516. The molecule has 0 spiro atoms. The van der Waals surface area contributed by atoms with Crippen molar-refractivity contribution in [3.05, 3.63) is 24.3 Å². The van der Waals surface area contributed by atoms with Crippen molar-refractivity contribution in [1.29, 1.82) is 0 Å². The maximum atomic E-state index is 11.9. The van der Waals surface area contributed by atoms with Gasteiger partial charge in [-0.15, -0.1) is 0 Å². The third kappa shape index (κ3) is 4.55. The zero-order valence-corrected chi connectivity index (χ0v) is 12.3. The first-order valence-corrected chi connectivity index (χ1v) is 7.65. The fraction of sp³-hybridized carbons (Fsp3) is 0.462. The monoisotopic (exact) mass is 284 g/mol. The van der Waals surface area contributed by atoms with Crippen LogP contribution in [0.1, 0.15) is 27.2 Å². The molecule has 0 radical (unpaired) electrons. The second-order valence-corrected chi connectivity index (χ2v) is 8.21. The van der Waals surface area contributed by atoms with Gasteiger partial charge in [-0.1, -0.05) is 0 Å². The van der Waals surface area contributed by atoms with Crippen LogP contribution < -0.4 is 11.1 Å². The maximum Gasteiger partial charge on any atom is 0.225 e. The third-order valence-electron chi connectivity index (χ3n) is 2.73. The number of nitrogens with two attached hydrogens (primary N) is 1. The van der Waals surface area contributed by atoms with Gasteiger partial charge < -0.3 is 11.1 Å². The third-order valence-corrected chi connectivity index (χ3v) is 5.33. The minimum Gasteiger partial charge on any atom is -0.399 e. The first-order chi connectivity index (χ1) is 8.62. The lowest BCUT2D eigenvalue weighted by atomic mass is 10.3. The second-order valence-electron chi connectivity index (χ2n) is 5.35. The first-order valence-electron chi connectivity index (χ1n) is 5.99. The Bertz CT molecular complexity index is 542. The number of carbonyl (C=O) groups excluding carboxylic acids is 1. The molecule has 1 aromatic rings. The Morgan fingerprint density at radius 2 is 1.74 bits per heavy atom. The number of nitrogens with one attached hydrogen (secondary N) is 1. The summed E-state index contributed by atoms with van der Waals surface area (Å²) in [5.74, 6) is -0.477. The molecular weight excluding hydrogens is 264 g/mol. The molecule has 0 fully saturated rings. The van der Waals surface area contributed by atoms with E-state index in [1.165, 1.54) is 0 Å². The molecule has 0 unspecified atom stereocenters. The van der Waals surface area contributed by atoms with E-state index in [1.807, 2.05) is 0 Å². The Kier molecular flexibility index (Phi) is 4.57. The molecule has 106 valence electrons. The zero-order valence-electron chi connectivity index (χ0n) is 11.4. The molecular formula is C13H20N2O3S. The summed E-state index contributed by atoms with van der Waals surface area (Å²) in [5.41, 5.74) is 6.74. The molecule has 0 aliphatic rings. The summed E-state index contributed by atoms with van der Waals surface area (Å²) in [6.45, 7) is 4.88. The molecule has 1 aromatic carbocycles. The van der Waals surface area contributed by atoms with Gasteiger partial charge >= 0.3 is 0 Å². The van der Waals surface area contributed by atoms with E-state index in [2.05, 4.69) is 5.32 Å². The Morgan fingerprint density at radius 3 is 2.21 bits per heavy atom. The van der Waals surface area contributed by atoms with Gasteiger partial charge in [-0.3, -0.25) is 4.79 Å². The lowest BCUT2D eigenvalue weighted by molar-refractivity contribution is -0.115. The van der Waals surface area contributed by atoms with Gasteiger partial charge in [0, 0.05) is 17.8 Å². The highest BCUT2D eigenvalue weighted by atomic mass is 32.2. The Hall–Kier alpha value is -1.56. The molecule has 0 aromatic heterocycles. The van der Waals surface area contributed by atoms with Gasteiger partial charge in [0.15, 0.2) is 9.84 Å². The smallest absolute Gasteiger partial charge is 0.225 e. The summed E-state index contributed by atoms with van der Waals surface area (Å²) in [4.78, 5) is 11.7. The largest absolute Gasteiger partial charge is 0.399 e. The van der Waals surface area contributed by atoms with E-state index in [9.17, 15) is 13.2 Å². The van der Waals surface area contributed by atoms with Crippen molar-refractivity contribution in [2.24, 2.45) is 0 Å². The molecule has 0 aliphatic carbocycles. The van der Waals surface area contributed by atoms with Gasteiger partial charge in [0.25, 0.3) is 0 Å². The number of rotatable bonds is 4. The number of nitrogen functional groups attached to an aromatic ring is 1. The van der Waals surface area contributed by atoms with Crippen LogP contribution in [0.15, 0.2) is 24.3 Å². The maximum absolute atomic E-state index is 11.9. The van der Waals surface area contributed by atoms with Crippen LogP contribution in [0.4, 0.5) is 11.4 Å². The molecule has 0 bridgehead atoms. The number of amides is 1. The van der Waals surface area contributed by atoms with E-state index in [1.54, 1.807) is 45.0 Å². The van der Waals surface area contributed by atoms with Crippen LogP contribution in [-0.4, -0.2) is 24.8 Å². The average molecular weight is 284 g/mol. The van der Waals surface area contributed by atoms with E-state index in [-0.39, 0.29) is 18.1 Å². The number of hydrogen-bond donors (Lipinski definition) is 2. The summed E-state index contributed by atoms with van der Waals surface area (Å²) < 4.78 is 22.9. The van der Waals surface area contributed by atoms with Crippen LogP contribution in [0.3, 0.4) is 0 Å². The quantitative estimate of drug-likeness (QED) is 0.825. The number of sulfone groups is 1. The fourth-order valence-electron chi connectivity index (χ4n) is 1.32. The molecule has 6 heteroatoms. The predicted octanol–water partition coefficient (Wildman–Crippen LogP) is 1.81. The van der Waals surface area contributed by atoms with Crippen LogP contribution in [0.2, 0.25) is 0 Å². The van der Waals surface area contributed by atoms with Crippen molar-refractivity contribution in [1.82, 2.24) is 0 Å². The minimum atomic E-state index is -3.27. The molecule has 0 saturated carbocycles. The number of anilines is 2. The summed E-state index contributed by atoms with van der Waals surface area (Å²) in [7, 11) is -3.27. The highest BCUT2D eigenvalue weighted by Crippen LogP contribution is 2.17. The second kappa shape index (κ2) is 5.61. The molecule has 19 heavy (non-hydrogen) atoms. The number of carbonyl (C=O) groups is 1. The van der Waals surface area contributed by atoms with Crippen molar-refractivity contribution in [3.63, 3.8) is 0 Å². The molecule has 0 atom stereocenters. The molecule has 0 aliphatic heterocycles. The molecule has 5 nitrogen and oxygen atoms in total. The van der Waals surface area contributed by atoms with Gasteiger partial charge in [0.2, 0.25) is 5.91 Å². The van der Waals surface area contributed by atoms with Crippen molar-refractivity contribution >= 4 is 27.1 Å². The fourth-order valence-corrected chi connectivity index (χ4v) is 2.39. The van der Waals surface area contributed by atoms with Crippen molar-refractivity contribution < 1.29 is 13.2 Å². The standard InChI is InChI=1S/C13H20N2O3S/c1-13(2,3)19(17,18)9-8-12(16)15-11-6-4-10(14)5-7-11/h4-7H,8-9,14H2,1-3H3,(H,15,16). The van der Waals surface area contributed by atoms with E-state index in [0.717, 1.165) is 0 Å². The highest BCUT2D eigenvalue weighted by molar-refractivity contribution is 7.92. The van der Waals surface area contributed by atoms with Crippen LogP contribution in [-0.2, 0) is 14.6 Å². The minimum absolute atomic E-state index is 0.0516. The molecule has 1 amide bonds. The number of benzene rings is 1. The Labute approximate surface area is 114 Å². The van der Waals surface area contributed by atoms with Crippen molar-refractivity contribution in [3.8, 4) is 0 Å². The lowest BCUT2D eigenvalue weighted by Crippen LogP contribution is -2.32. The topological polar surface area (TPSA) is 89.3 Å². The molecule has 1 rings (SSSR count). The molecule has 3 N–H and O–H groups in total. The van der Waals surface area contributed by atoms with Gasteiger partial charge in [-0.2, -0.15) is 0 Å². The summed E-state index contributed by atoms with van der Waals surface area (Å²) in [6, 6.07) is 6.68. The van der Waals surface area contributed by atoms with Gasteiger partial charge in [-0.25, -0.2) is 8.42 Å². The van der Waals surface area contributed by atoms with Crippen LogP contribution >= 0.6 is 0 Å².